The van der Waals surface area contributed by atoms with Gasteiger partial charge in [0, 0.05) is 23.7 Å². The number of rotatable bonds is 3. The van der Waals surface area contributed by atoms with Crippen LogP contribution in [0, 0.1) is 0 Å². The first-order valence-electron chi connectivity index (χ1n) is 8.82. The Morgan fingerprint density at radius 2 is 1.84 bits per heavy atom. The van der Waals surface area contributed by atoms with Crippen molar-refractivity contribution in [1.82, 2.24) is 0 Å². The van der Waals surface area contributed by atoms with Crippen LogP contribution in [0.15, 0.2) is 42.5 Å². The normalized spacial score (nSPS) is 19.6. The van der Waals surface area contributed by atoms with Gasteiger partial charge in [0.2, 0.25) is 0 Å². The van der Waals surface area contributed by atoms with E-state index in [1.165, 1.54) is 16.0 Å². The fourth-order valence-electron chi connectivity index (χ4n) is 3.53. The number of benzene rings is 2. The molecule has 2 aliphatic rings. The maximum Gasteiger partial charge on any atom is 0.282 e. The van der Waals surface area contributed by atoms with Crippen LogP contribution < -0.4 is 19.7 Å². The fraction of sp³-hybridized carbons (Fsp3) is 0.350. The van der Waals surface area contributed by atoms with Gasteiger partial charge in [-0.1, -0.05) is 24.3 Å². The summed E-state index contributed by atoms with van der Waals surface area (Å²) in [5, 5.41) is 3.02. The van der Waals surface area contributed by atoms with Gasteiger partial charge in [0.1, 0.15) is 19.8 Å². The van der Waals surface area contributed by atoms with Gasteiger partial charge in [-0.2, -0.15) is 0 Å². The number of fused-ring (bicyclic) bond motifs is 2. The van der Waals surface area contributed by atoms with E-state index >= 15 is 0 Å². The van der Waals surface area contributed by atoms with Gasteiger partial charge in [0.05, 0.1) is 6.54 Å². The lowest BCUT2D eigenvalue weighted by Crippen LogP contribution is -3.16. The number of nitrogens with one attached hydrogen (secondary N) is 2. The summed E-state index contributed by atoms with van der Waals surface area (Å²) < 4.78 is 11.1. The molecule has 0 fully saturated rings. The molecule has 4 rings (SSSR count). The Bertz CT molecular complexity index is 790. The number of anilines is 1. The van der Waals surface area contributed by atoms with Crippen molar-refractivity contribution in [2.45, 2.75) is 25.9 Å². The standard InChI is InChI=1S/C20H22N2O3/c1-14(22-9-8-15-4-2-3-5-16(15)13-22)20(23)21-17-6-7-18-19(12-17)25-11-10-24-18/h2-7,12,14H,8-11,13H2,1H3,(H,21,23)/p+1/t14-/m1/s1. The number of carbonyl (C=O) groups excluding carboxylic acids is 1. The van der Waals surface area contributed by atoms with Crippen LogP contribution in [0.3, 0.4) is 0 Å². The highest BCUT2D eigenvalue weighted by Crippen LogP contribution is 2.32. The lowest BCUT2D eigenvalue weighted by Gasteiger charge is -2.30. The quantitative estimate of drug-likeness (QED) is 0.889. The first-order valence-corrected chi connectivity index (χ1v) is 8.82. The molecule has 2 atom stereocenters. The van der Waals surface area contributed by atoms with Crippen LogP contribution in [0.2, 0.25) is 0 Å². The van der Waals surface area contributed by atoms with Gasteiger partial charge in [-0.3, -0.25) is 4.79 Å². The number of hydrogen-bond donors (Lipinski definition) is 2. The smallest absolute Gasteiger partial charge is 0.282 e. The van der Waals surface area contributed by atoms with Crippen LogP contribution in [0.4, 0.5) is 5.69 Å². The molecule has 0 radical (unpaired) electrons. The van der Waals surface area contributed by atoms with E-state index in [0.717, 1.165) is 30.9 Å². The largest absolute Gasteiger partial charge is 0.486 e. The van der Waals surface area contributed by atoms with Gasteiger partial charge in [0.15, 0.2) is 17.5 Å². The molecule has 0 aliphatic carbocycles. The molecular weight excluding hydrogens is 316 g/mol. The third kappa shape index (κ3) is 3.33. The van der Waals surface area contributed by atoms with E-state index in [1.54, 1.807) is 0 Å². The van der Waals surface area contributed by atoms with Gasteiger partial charge in [-0.05, 0) is 24.6 Å². The fourth-order valence-corrected chi connectivity index (χ4v) is 3.53. The second-order valence-electron chi connectivity index (χ2n) is 6.67. The molecule has 2 aromatic rings. The van der Waals surface area contributed by atoms with Gasteiger partial charge in [-0.25, -0.2) is 0 Å². The van der Waals surface area contributed by atoms with E-state index in [0.29, 0.717) is 19.0 Å². The molecule has 0 saturated heterocycles. The molecule has 2 aliphatic heterocycles. The molecule has 5 heteroatoms. The Balaban J connectivity index is 1.43. The van der Waals surface area contributed by atoms with Crippen molar-refractivity contribution in [2.75, 3.05) is 25.1 Å². The van der Waals surface area contributed by atoms with E-state index in [-0.39, 0.29) is 11.9 Å². The number of amides is 1. The van der Waals surface area contributed by atoms with Gasteiger partial charge < -0.3 is 19.7 Å². The predicted molar refractivity (Wildman–Crippen MR) is 95.2 cm³/mol. The SMILES string of the molecule is C[C@H](C(=O)Nc1ccc2c(c1)OCCO2)[NH+]1CCc2ccccc2C1. The highest BCUT2D eigenvalue weighted by Gasteiger charge is 2.29. The molecule has 1 unspecified atom stereocenters. The number of carbonyl (C=O) groups is 1. The van der Waals surface area contributed by atoms with E-state index < -0.39 is 0 Å². The Hall–Kier alpha value is -2.53. The Morgan fingerprint density at radius 1 is 1.08 bits per heavy atom. The third-order valence-electron chi connectivity index (χ3n) is 5.07. The van der Waals surface area contributed by atoms with Crippen molar-refractivity contribution in [1.29, 1.82) is 0 Å². The summed E-state index contributed by atoms with van der Waals surface area (Å²) in [5.41, 5.74) is 3.51. The summed E-state index contributed by atoms with van der Waals surface area (Å²) in [6.07, 6.45) is 1.02. The van der Waals surface area contributed by atoms with Gasteiger partial charge >= 0.3 is 0 Å². The van der Waals surface area contributed by atoms with Crippen LogP contribution in [0.25, 0.3) is 0 Å². The van der Waals surface area contributed by atoms with E-state index in [2.05, 4.69) is 29.6 Å². The molecule has 0 aromatic heterocycles. The number of ether oxygens (including phenoxy) is 2. The van der Waals surface area contributed by atoms with Gasteiger partial charge in [0.25, 0.3) is 5.91 Å². The lowest BCUT2D eigenvalue weighted by molar-refractivity contribution is -0.929. The molecule has 0 saturated carbocycles. The zero-order valence-corrected chi connectivity index (χ0v) is 14.4. The van der Waals surface area contributed by atoms with Gasteiger partial charge in [-0.15, -0.1) is 0 Å². The van der Waals surface area contributed by atoms with E-state index in [1.807, 2.05) is 25.1 Å². The Morgan fingerprint density at radius 3 is 2.68 bits per heavy atom. The minimum Gasteiger partial charge on any atom is -0.486 e. The highest BCUT2D eigenvalue weighted by molar-refractivity contribution is 5.94. The maximum absolute atomic E-state index is 12.7. The Labute approximate surface area is 147 Å². The first kappa shape index (κ1) is 16.0. The van der Waals surface area contributed by atoms with Crippen molar-refractivity contribution in [3.8, 4) is 11.5 Å². The van der Waals surface area contributed by atoms with Crippen molar-refractivity contribution in [3.05, 3.63) is 53.6 Å². The average molecular weight is 339 g/mol. The average Bonchev–Trinajstić information content (AvgIpc) is 2.67. The summed E-state index contributed by atoms with van der Waals surface area (Å²) in [6, 6.07) is 13.9. The molecule has 5 nitrogen and oxygen atoms in total. The second kappa shape index (κ2) is 6.76. The predicted octanol–water partition coefficient (Wildman–Crippen LogP) is 1.43. The third-order valence-corrected chi connectivity index (χ3v) is 5.07. The van der Waals surface area contributed by atoms with Crippen LogP contribution in [0.5, 0.6) is 11.5 Å². The minimum atomic E-state index is -0.110. The number of hydrogen-bond acceptors (Lipinski definition) is 3. The van der Waals surface area contributed by atoms with Crippen molar-refractivity contribution >= 4 is 11.6 Å². The van der Waals surface area contributed by atoms with Crippen molar-refractivity contribution < 1.29 is 19.2 Å². The van der Waals surface area contributed by atoms with Crippen LogP contribution in [0.1, 0.15) is 18.1 Å². The maximum atomic E-state index is 12.7. The number of quaternary nitrogens is 1. The minimum absolute atomic E-state index is 0.0334. The molecule has 2 N–H and O–H groups in total. The molecule has 2 heterocycles. The monoisotopic (exact) mass is 339 g/mol. The Kier molecular flexibility index (Phi) is 4.32. The summed E-state index contributed by atoms with van der Waals surface area (Å²) in [6.45, 7) is 4.98. The van der Waals surface area contributed by atoms with Crippen LogP contribution in [-0.2, 0) is 17.8 Å². The molecule has 0 bridgehead atoms. The van der Waals surface area contributed by atoms with Crippen LogP contribution >= 0.6 is 0 Å². The van der Waals surface area contributed by atoms with Crippen molar-refractivity contribution in [3.63, 3.8) is 0 Å². The molecular formula is C20H23N2O3+. The molecule has 25 heavy (non-hydrogen) atoms. The van der Waals surface area contributed by atoms with E-state index in [9.17, 15) is 4.79 Å². The van der Waals surface area contributed by atoms with E-state index in [4.69, 9.17) is 9.47 Å². The van der Waals surface area contributed by atoms with Crippen molar-refractivity contribution in [2.24, 2.45) is 0 Å². The summed E-state index contributed by atoms with van der Waals surface area (Å²) in [7, 11) is 0. The molecule has 2 aromatic carbocycles. The lowest BCUT2D eigenvalue weighted by atomic mass is 9.99. The zero-order chi connectivity index (χ0) is 17.2. The second-order valence-corrected chi connectivity index (χ2v) is 6.67. The summed E-state index contributed by atoms with van der Waals surface area (Å²) in [4.78, 5) is 14.0. The summed E-state index contributed by atoms with van der Waals surface area (Å²) in [5.74, 6) is 1.46. The molecule has 0 spiro atoms. The molecule has 130 valence electrons. The molecule has 1 amide bonds. The highest BCUT2D eigenvalue weighted by atomic mass is 16.6. The first-order chi connectivity index (χ1) is 12.2. The van der Waals surface area contributed by atoms with Crippen LogP contribution in [-0.4, -0.2) is 31.7 Å². The summed E-state index contributed by atoms with van der Waals surface area (Å²) >= 11 is 0. The topological polar surface area (TPSA) is 52.0 Å². The zero-order valence-electron chi connectivity index (χ0n) is 14.4.